The Bertz CT molecular complexity index is 1780. The lowest BCUT2D eigenvalue weighted by atomic mass is 10.1. The third-order valence-electron chi connectivity index (χ3n) is 6.53. The van der Waals surface area contributed by atoms with Crippen LogP contribution in [0.15, 0.2) is 98.1 Å². The zero-order valence-corrected chi connectivity index (χ0v) is 27.5. The van der Waals surface area contributed by atoms with E-state index in [4.69, 9.17) is 11.6 Å². The van der Waals surface area contributed by atoms with E-state index in [-0.39, 0.29) is 23.8 Å². The molecular formula is C35H35ClN8O3. The van der Waals surface area contributed by atoms with Gasteiger partial charge in [0.25, 0.3) is 0 Å². The Labute approximate surface area is 277 Å². The van der Waals surface area contributed by atoms with E-state index in [1.165, 1.54) is 31.8 Å². The van der Waals surface area contributed by atoms with Crippen LogP contribution in [0.1, 0.15) is 57.9 Å². The van der Waals surface area contributed by atoms with Crippen LogP contribution < -0.4 is 0 Å². The van der Waals surface area contributed by atoms with E-state index in [2.05, 4.69) is 47.3 Å². The first-order valence-electron chi connectivity index (χ1n) is 14.4. The number of aromatic nitrogens is 8. The molecule has 12 heteroatoms. The minimum Gasteiger partial charge on any atom is -0.300 e. The molecule has 6 aromatic heterocycles. The molecule has 6 aromatic rings. The summed E-state index contributed by atoms with van der Waals surface area (Å²) < 4.78 is 0. The second-order valence-corrected chi connectivity index (χ2v) is 10.5. The van der Waals surface area contributed by atoms with Gasteiger partial charge >= 0.3 is 0 Å². The molecule has 0 aromatic carbocycles. The van der Waals surface area contributed by atoms with Gasteiger partial charge in [0.1, 0.15) is 11.5 Å². The summed E-state index contributed by atoms with van der Waals surface area (Å²) >= 11 is 6.03. The van der Waals surface area contributed by atoms with Crippen LogP contribution in [0.3, 0.4) is 0 Å². The summed E-state index contributed by atoms with van der Waals surface area (Å²) in [6.07, 6.45) is 13.3. The first-order valence-corrected chi connectivity index (χ1v) is 14.8. The SMILES string of the molecule is CC(=O)CC(=O)c1ccncc1.CC(=O)c1ccncc1.Cc1[nH]nc(-c2ccncc2)c1C.Cc1[nH]nc(-c2ccncc2)c1Cl. The minimum atomic E-state index is -0.148. The quantitative estimate of drug-likeness (QED) is 0.142. The van der Waals surface area contributed by atoms with Crippen molar-refractivity contribution in [2.75, 3.05) is 0 Å². The van der Waals surface area contributed by atoms with Gasteiger partial charge in [-0.15, -0.1) is 0 Å². The number of nitrogens with zero attached hydrogens (tertiary/aromatic N) is 6. The number of nitrogens with one attached hydrogen (secondary N) is 2. The van der Waals surface area contributed by atoms with Gasteiger partial charge in [-0.25, -0.2) is 0 Å². The van der Waals surface area contributed by atoms with Crippen molar-refractivity contribution in [3.8, 4) is 22.5 Å². The van der Waals surface area contributed by atoms with E-state index in [9.17, 15) is 14.4 Å². The van der Waals surface area contributed by atoms with Crippen LogP contribution in [0.2, 0.25) is 5.02 Å². The Hall–Kier alpha value is -5.68. The highest BCUT2D eigenvalue weighted by atomic mass is 35.5. The van der Waals surface area contributed by atoms with Crippen LogP contribution in [0.4, 0.5) is 0 Å². The first kappa shape index (κ1) is 35.8. The van der Waals surface area contributed by atoms with Crippen molar-refractivity contribution in [3.05, 3.63) is 131 Å². The predicted octanol–water partition coefficient (Wildman–Crippen LogP) is 7.05. The summed E-state index contributed by atoms with van der Waals surface area (Å²) in [6.45, 7) is 8.91. The Kier molecular flexibility index (Phi) is 14.0. The maximum absolute atomic E-state index is 11.2. The Morgan fingerprint density at radius 1 is 0.596 bits per heavy atom. The molecule has 6 heterocycles. The number of H-pyrrole nitrogens is 2. The third-order valence-corrected chi connectivity index (χ3v) is 6.99. The molecule has 47 heavy (non-hydrogen) atoms. The van der Waals surface area contributed by atoms with E-state index in [0.717, 1.165) is 33.9 Å². The van der Waals surface area contributed by atoms with E-state index in [1.54, 1.807) is 61.4 Å². The van der Waals surface area contributed by atoms with Gasteiger partial charge < -0.3 is 0 Å². The molecule has 0 atom stereocenters. The number of aromatic amines is 2. The number of pyridine rings is 4. The number of rotatable bonds is 6. The molecule has 240 valence electrons. The number of carbonyl (C=O) groups excluding carboxylic acids is 3. The number of aryl methyl sites for hydroxylation is 2. The van der Waals surface area contributed by atoms with E-state index in [1.807, 2.05) is 38.1 Å². The van der Waals surface area contributed by atoms with Crippen molar-refractivity contribution in [3.63, 3.8) is 0 Å². The average molecular weight is 651 g/mol. The second-order valence-electron chi connectivity index (χ2n) is 10.1. The molecule has 0 bridgehead atoms. The Morgan fingerprint density at radius 2 is 1.00 bits per heavy atom. The van der Waals surface area contributed by atoms with Crippen molar-refractivity contribution < 1.29 is 14.4 Å². The molecular weight excluding hydrogens is 616 g/mol. The molecule has 0 unspecified atom stereocenters. The van der Waals surface area contributed by atoms with Gasteiger partial charge in [0, 0.05) is 77.5 Å². The maximum atomic E-state index is 11.2. The lowest BCUT2D eigenvalue weighted by Gasteiger charge is -1.96. The maximum Gasteiger partial charge on any atom is 0.170 e. The highest BCUT2D eigenvalue weighted by Gasteiger charge is 2.09. The van der Waals surface area contributed by atoms with Gasteiger partial charge in [0.2, 0.25) is 0 Å². The topological polar surface area (TPSA) is 160 Å². The molecule has 0 amide bonds. The lowest BCUT2D eigenvalue weighted by Crippen LogP contribution is -2.04. The molecule has 2 N–H and O–H groups in total. The monoisotopic (exact) mass is 650 g/mol. The van der Waals surface area contributed by atoms with Crippen LogP contribution in [0, 0.1) is 20.8 Å². The minimum absolute atomic E-state index is 0.0238. The number of ketones is 3. The van der Waals surface area contributed by atoms with Gasteiger partial charge in [0.15, 0.2) is 11.6 Å². The molecule has 11 nitrogen and oxygen atoms in total. The second kappa shape index (κ2) is 18.3. The van der Waals surface area contributed by atoms with Crippen LogP contribution >= 0.6 is 11.6 Å². The summed E-state index contributed by atoms with van der Waals surface area (Å²) in [5.74, 6) is -0.181. The summed E-state index contributed by atoms with van der Waals surface area (Å²) in [6, 6.07) is 14.3. The summed E-state index contributed by atoms with van der Waals surface area (Å²) in [5, 5.41) is 14.8. The zero-order valence-electron chi connectivity index (χ0n) is 26.7. The van der Waals surface area contributed by atoms with Crippen molar-refractivity contribution in [2.45, 2.75) is 41.0 Å². The summed E-state index contributed by atoms with van der Waals surface area (Å²) in [5.41, 5.74) is 8.33. The van der Waals surface area contributed by atoms with Crippen molar-refractivity contribution in [2.24, 2.45) is 0 Å². The van der Waals surface area contributed by atoms with E-state index in [0.29, 0.717) is 16.1 Å². The van der Waals surface area contributed by atoms with Crippen molar-refractivity contribution >= 4 is 29.0 Å². The number of Topliss-reactive ketones (excluding diaryl/α,β-unsaturated/α-hetero) is 3. The van der Waals surface area contributed by atoms with Crippen LogP contribution in [0.25, 0.3) is 22.5 Å². The first-order chi connectivity index (χ1) is 22.6. The molecule has 0 aliphatic heterocycles. The van der Waals surface area contributed by atoms with Gasteiger partial charge in [-0.2, -0.15) is 10.2 Å². The third kappa shape index (κ3) is 11.3. The fraction of sp³-hybridized carbons (Fsp3) is 0.171. The standard InChI is InChI=1S/C10H11N3.C9H8ClN3.C9H9NO2.C7H7NO/c1-7-8(2)12-13-10(7)9-3-5-11-6-4-9;1-6-8(10)9(13-12-6)7-2-4-11-5-3-7;1-7(11)6-9(12)8-2-4-10-5-3-8;1-6(9)7-2-4-8-5-3-7/h3-6H,1-2H3,(H,12,13);2-5H,1H3,(H,12,13);2-5H,6H2,1H3;2-5H,1H3. The zero-order chi connectivity index (χ0) is 34.2. The highest BCUT2D eigenvalue weighted by Crippen LogP contribution is 2.27. The number of hydrogen-bond acceptors (Lipinski definition) is 9. The van der Waals surface area contributed by atoms with Crippen LogP contribution in [-0.2, 0) is 4.79 Å². The molecule has 0 radical (unpaired) electrons. The smallest absolute Gasteiger partial charge is 0.170 e. The fourth-order valence-corrected chi connectivity index (χ4v) is 4.04. The number of hydrogen-bond donors (Lipinski definition) is 2. The van der Waals surface area contributed by atoms with Gasteiger partial charge in [-0.3, -0.25) is 44.5 Å². The predicted molar refractivity (Wildman–Crippen MR) is 181 cm³/mol. The number of halogens is 1. The summed E-state index contributed by atoms with van der Waals surface area (Å²) in [7, 11) is 0. The van der Waals surface area contributed by atoms with Crippen molar-refractivity contribution in [1.29, 1.82) is 0 Å². The number of carbonyl (C=O) groups is 3. The molecule has 0 fully saturated rings. The fourth-order valence-electron chi connectivity index (χ4n) is 3.85. The van der Waals surface area contributed by atoms with Crippen LogP contribution in [0.5, 0.6) is 0 Å². The largest absolute Gasteiger partial charge is 0.300 e. The molecule has 6 rings (SSSR count). The Balaban J connectivity index is 0.000000172. The normalized spacial score (nSPS) is 9.83. The molecule has 0 aliphatic carbocycles. The molecule has 0 saturated heterocycles. The van der Waals surface area contributed by atoms with E-state index < -0.39 is 0 Å². The average Bonchev–Trinajstić information content (AvgIpc) is 3.62. The highest BCUT2D eigenvalue weighted by molar-refractivity contribution is 6.33. The molecule has 0 saturated carbocycles. The molecule has 0 aliphatic rings. The van der Waals surface area contributed by atoms with E-state index >= 15 is 0 Å². The Morgan fingerprint density at radius 3 is 1.36 bits per heavy atom. The molecule has 0 spiro atoms. The lowest BCUT2D eigenvalue weighted by molar-refractivity contribution is -0.116. The summed E-state index contributed by atoms with van der Waals surface area (Å²) in [4.78, 5) is 47.9. The van der Waals surface area contributed by atoms with Gasteiger partial charge in [-0.1, -0.05) is 11.6 Å². The van der Waals surface area contributed by atoms with Crippen LogP contribution in [-0.4, -0.2) is 57.7 Å². The van der Waals surface area contributed by atoms with Gasteiger partial charge in [0.05, 0.1) is 22.8 Å². The van der Waals surface area contributed by atoms with Gasteiger partial charge in [-0.05, 0) is 88.7 Å². The van der Waals surface area contributed by atoms with Crippen molar-refractivity contribution in [1.82, 2.24) is 40.3 Å².